The number of thiazole rings is 1. The highest BCUT2D eigenvalue weighted by Crippen LogP contribution is 2.29. The van der Waals surface area contributed by atoms with Gasteiger partial charge < -0.3 is 10.7 Å². The molecule has 0 saturated carbocycles. The number of benzene rings is 1. The van der Waals surface area contributed by atoms with Crippen molar-refractivity contribution in [1.29, 1.82) is 0 Å². The van der Waals surface area contributed by atoms with E-state index in [2.05, 4.69) is 15.0 Å². The van der Waals surface area contributed by atoms with Crippen LogP contribution in [0, 0.1) is 13.8 Å². The molecule has 0 radical (unpaired) electrons. The Morgan fingerprint density at radius 1 is 1.28 bits per heavy atom. The Morgan fingerprint density at radius 2 is 2.11 bits per heavy atom. The minimum Gasteiger partial charge on any atom is -0.337 e. The van der Waals surface area contributed by atoms with Gasteiger partial charge in [-0.25, -0.2) is 9.97 Å². The lowest BCUT2D eigenvalue weighted by Gasteiger charge is -1.95. The molecule has 3 rings (SSSR count). The molecule has 0 fully saturated rings. The van der Waals surface area contributed by atoms with Gasteiger partial charge in [-0.05, 0) is 25.5 Å². The number of fused-ring (bicyclic) bond motifs is 1. The van der Waals surface area contributed by atoms with E-state index >= 15 is 0 Å². The van der Waals surface area contributed by atoms with Crippen LogP contribution in [-0.4, -0.2) is 15.0 Å². The molecular weight excluding hydrogens is 244 g/mol. The molecule has 1 aromatic carbocycles. The van der Waals surface area contributed by atoms with E-state index < -0.39 is 0 Å². The van der Waals surface area contributed by atoms with E-state index in [1.807, 2.05) is 32.0 Å². The summed E-state index contributed by atoms with van der Waals surface area (Å²) in [6.45, 7) is 4.52. The molecule has 18 heavy (non-hydrogen) atoms. The molecule has 5 heteroatoms. The standard InChI is InChI=1S/C13H14N4S/c1-7-12(18-8(2)15-7)13-16-10-5-3-4-9(6-14)11(10)17-13/h3-5H,6,14H2,1-2H3,(H,16,17). The van der Waals surface area contributed by atoms with E-state index in [1.165, 1.54) is 0 Å². The van der Waals surface area contributed by atoms with Gasteiger partial charge in [0, 0.05) is 6.54 Å². The van der Waals surface area contributed by atoms with Gasteiger partial charge in [0.25, 0.3) is 0 Å². The summed E-state index contributed by atoms with van der Waals surface area (Å²) in [4.78, 5) is 13.5. The van der Waals surface area contributed by atoms with E-state index in [1.54, 1.807) is 11.3 Å². The summed E-state index contributed by atoms with van der Waals surface area (Å²) in [5, 5.41) is 1.06. The van der Waals surface area contributed by atoms with Crippen LogP contribution in [-0.2, 0) is 6.54 Å². The molecule has 92 valence electrons. The lowest BCUT2D eigenvalue weighted by atomic mass is 10.2. The molecule has 0 aliphatic heterocycles. The predicted octanol–water partition coefficient (Wildman–Crippen LogP) is 2.76. The zero-order chi connectivity index (χ0) is 12.7. The molecule has 0 saturated heterocycles. The number of H-pyrrole nitrogens is 1. The van der Waals surface area contributed by atoms with Crippen LogP contribution >= 0.6 is 11.3 Å². The fourth-order valence-electron chi connectivity index (χ4n) is 2.11. The van der Waals surface area contributed by atoms with Crippen molar-refractivity contribution < 1.29 is 0 Å². The quantitative estimate of drug-likeness (QED) is 0.742. The zero-order valence-electron chi connectivity index (χ0n) is 10.3. The fraction of sp³-hybridized carbons (Fsp3) is 0.231. The molecule has 4 nitrogen and oxygen atoms in total. The van der Waals surface area contributed by atoms with Crippen LogP contribution in [0.25, 0.3) is 21.7 Å². The second-order valence-corrected chi connectivity index (χ2v) is 5.45. The largest absolute Gasteiger partial charge is 0.337 e. The van der Waals surface area contributed by atoms with Crippen molar-refractivity contribution in [1.82, 2.24) is 15.0 Å². The number of aromatic nitrogens is 3. The first-order chi connectivity index (χ1) is 8.69. The number of aryl methyl sites for hydroxylation is 2. The highest BCUT2D eigenvalue weighted by Gasteiger charge is 2.13. The number of rotatable bonds is 2. The molecule has 3 N–H and O–H groups in total. The molecule has 2 aromatic heterocycles. The average Bonchev–Trinajstić information content (AvgIpc) is 2.91. The Kier molecular flexibility index (Phi) is 2.65. The van der Waals surface area contributed by atoms with Crippen molar-refractivity contribution >= 4 is 22.4 Å². The van der Waals surface area contributed by atoms with Crippen LogP contribution in [0.4, 0.5) is 0 Å². The van der Waals surface area contributed by atoms with E-state index in [0.717, 1.165) is 38.0 Å². The number of aromatic amines is 1. The topological polar surface area (TPSA) is 67.6 Å². The Labute approximate surface area is 109 Å². The maximum Gasteiger partial charge on any atom is 0.150 e. The molecule has 0 amide bonds. The molecule has 2 heterocycles. The third kappa shape index (κ3) is 1.72. The maximum atomic E-state index is 5.73. The summed E-state index contributed by atoms with van der Waals surface area (Å²) in [5.74, 6) is 0.883. The van der Waals surface area contributed by atoms with E-state index in [0.29, 0.717) is 6.54 Å². The first kappa shape index (κ1) is 11.4. The van der Waals surface area contributed by atoms with Crippen molar-refractivity contribution in [3.63, 3.8) is 0 Å². The van der Waals surface area contributed by atoms with Crippen LogP contribution in [0.5, 0.6) is 0 Å². The van der Waals surface area contributed by atoms with Crippen LogP contribution in [0.1, 0.15) is 16.3 Å². The number of nitrogens with one attached hydrogen (secondary N) is 1. The van der Waals surface area contributed by atoms with Crippen LogP contribution in [0.15, 0.2) is 18.2 Å². The number of nitrogens with zero attached hydrogens (tertiary/aromatic N) is 2. The van der Waals surface area contributed by atoms with Gasteiger partial charge >= 0.3 is 0 Å². The zero-order valence-corrected chi connectivity index (χ0v) is 11.1. The fourth-order valence-corrected chi connectivity index (χ4v) is 2.98. The average molecular weight is 258 g/mol. The SMILES string of the molecule is Cc1nc(C)c(-c2nc3c(CN)cccc3[nH]2)s1. The second-order valence-electron chi connectivity index (χ2n) is 4.25. The second kappa shape index (κ2) is 4.19. The lowest BCUT2D eigenvalue weighted by molar-refractivity contribution is 1.08. The minimum atomic E-state index is 0.502. The van der Waals surface area contributed by atoms with E-state index in [4.69, 9.17) is 5.73 Å². The Bertz CT molecular complexity index is 711. The first-order valence-corrected chi connectivity index (χ1v) is 6.62. The van der Waals surface area contributed by atoms with Crippen LogP contribution in [0.3, 0.4) is 0 Å². The molecule has 0 aliphatic carbocycles. The predicted molar refractivity (Wildman–Crippen MR) is 74.6 cm³/mol. The van der Waals surface area contributed by atoms with Crippen molar-refractivity contribution in [2.75, 3.05) is 0 Å². The number of hydrogen-bond donors (Lipinski definition) is 2. The van der Waals surface area contributed by atoms with E-state index in [9.17, 15) is 0 Å². The summed E-state index contributed by atoms with van der Waals surface area (Å²) < 4.78 is 0. The van der Waals surface area contributed by atoms with Gasteiger partial charge in [0.2, 0.25) is 0 Å². The molecular formula is C13H14N4S. The van der Waals surface area contributed by atoms with Crippen LogP contribution < -0.4 is 5.73 Å². The lowest BCUT2D eigenvalue weighted by Crippen LogP contribution is -1.96. The Hall–Kier alpha value is -1.72. The number of nitrogens with two attached hydrogens (primary N) is 1. The van der Waals surface area contributed by atoms with Gasteiger partial charge in [0.05, 0.1) is 26.6 Å². The summed E-state index contributed by atoms with van der Waals surface area (Å²) in [7, 11) is 0. The third-order valence-corrected chi connectivity index (χ3v) is 4.01. The van der Waals surface area contributed by atoms with Gasteiger partial charge in [-0.15, -0.1) is 11.3 Å². The van der Waals surface area contributed by atoms with Gasteiger partial charge in [0.15, 0.2) is 5.82 Å². The van der Waals surface area contributed by atoms with Crippen molar-refractivity contribution in [3.8, 4) is 10.7 Å². The number of hydrogen-bond acceptors (Lipinski definition) is 4. The highest BCUT2D eigenvalue weighted by atomic mass is 32.1. The van der Waals surface area contributed by atoms with Crippen LogP contribution in [0.2, 0.25) is 0 Å². The third-order valence-electron chi connectivity index (χ3n) is 2.93. The number of para-hydroxylation sites is 1. The molecule has 0 spiro atoms. The summed E-state index contributed by atoms with van der Waals surface area (Å²) in [6, 6.07) is 6.03. The normalized spacial score (nSPS) is 11.3. The smallest absolute Gasteiger partial charge is 0.150 e. The molecule has 0 unspecified atom stereocenters. The molecule has 0 aliphatic rings. The first-order valence-electron chi connectivity index (χ1n) is 5.81. The minimum absolute atomic E-state index is 0.502. The van der Waals surface area contributed by atoms with Crippen molar-refractivity contribution in [3.05, 3.63) is 34.5 Å². The van der Waals surface area contributed by atoms with Crippen molar-refractivity contribution in [2.45, 2.75) is 20.4 Å². The van der Waals surface area contributed by atoms with Gasteiger partial charge in [0.1, 0.15) is 0 Å². The van der Waals surface area contributed by atoms with Crippen molar-refractivity contribution in [2.24, 2.45) is 5.73 Å². The maximum absolute atomic E-state index is 5.73. The summed E-state index contributed by atoms with van der Waals surface area (Å²) >= 11 is 1.66. The summed E-state index contributed by atoms with van der Waals surface area (Å²) in [5.41, 5.74) is 9.80. The Balaban J connectivity index is 2.22. The molecule has 0 bridgehead atoms. The van der Waals surface area contributed by atoms with Gasteiger partial charge in [-0.3, -0.25) is 0 Å². The van der Waals surface area contributed by atoms with E-state index in [-0.39, 0.29) is 0 Å². The molecule has 0 atom stereocenters. The number of imidazole rings is 1. The highest BCUT2D eigenvalue weighted by molar-refractivity contribution is 7.15. The van der Waals surface area contributed by atoms with Gasteiger partial charge in [-0.2, -0.15) is 0 Å². The monoisotopic (exact) mass is 258 g/mol. The summed E-state index contributed by atoms with van der Waals surface area (Å²) in [6.07, 6.45) is 0. The Morgan fingerprint density at radius 3 is 2.78 bits per heavy atom. The van der Waals surface area contributed by atoms with Gasteiger partial charge in [-0.1, -0.05) is 12.1 Å². The molecule has 3 aromatic rings.